The number of hydrogen-bond acceptors (Lipinski definition) is 4. The number of aliphatic hydroxyl groups is 1. The van der Waals surface area contributed by atoms with Crippen LogP contribution in [0.3, 0.4) is 0 Å². The molecule has 0 spiro atoms. The number of aromatic nitrogens is 1. The van der Waals surface area contributed by atoms with E-state index in [0.717, 1.165) is 0 Å². The van der Waals surface area contributed by atoms with Crippen LogP contribution in [0.4, 0.5) is 10.2 Å². The molecule has 124 valence electrons. The lowest BCUT2D eigenvalue weighted by molar-refractivity contribution is 0.0958. The molecule has 0 aliphatic heterocycles. The van der Waals surface area contributed by atoms with Gasteiger partial charge in [-0.3, -0.25) is 4.79 Å². The molecule has 3 N–H and O–H groups in total. The minimum atomic E-state index is -0.933. The number of hydrogen-bond donors (Lipinski definition) is 3. The van der Waals surface area contributed by atoms with Gasteiger partial charge in [0.05, 0.1) is 23.2 Å². The smallest absolute Gasteiger partial charge is 0.253 e. The molecule has 0 saturated carbocycles. The van der Waals surface area contributed by atoms with Gasteiger partial charge in [-0.05, 0) is 29.8 Å². The number of amides is 1. The molecule has 2 rings (SSSR count). The van der Waals surface area contributed by atoms with Gasteiger partial charge in [-0.15, -0.1) is 6.42 Å². The molecule has 1 atom stereocenters. The number of pyridine rings is 1. The molecule has 1 heterocycles. The van der Waals surface area contributed by atoms with E-state index in [1.807, 2.05) is 0 Å². The van der Waals surface area contributed by atoms with Crippen molar-refractivity contribution in [1.29, 1.82) is 0 Å². The molecular formula is C17H15ClFN3O2. The Kier molecular flexibility index (Phi) is 6.13. The number of aliphatic hydroxyl groups excluding tert-OH is 1. The minimum absolute atomic E-state index is 0.000670. The maximum Gasteiger partial charge on any atom is 0.253 e. The van der Waals surface area contributed by atoms with Gasteiger partial charge in [0.1, 0.15) is 11.6 Å². The summed E-state index contributed by atoms with van der Waals surface area (Å²) in [6, 6.07) is 7.29. The SMILES string of the molecule is C#CCNC(=O)c1ccc(NCC(O)c2ccc(Cl)c(F)c2)nc1. The first kappa shape index (κ1) is 17.7. The Morgan fingerprint density at radius 1 is 1.42 bits per heavy atom. The third-order valence-corrected chi connectivity index (χ3v) is 3.49. The lowest BCUT2D eigenvalue weighted by atomic mass is 10.1. The third kappa shape index (κ3) is 4.69. The van der Waals surface area contributed by atoms with Crippen LogP contribution in [-0.2, 0) is 0 Å². The summed E-state index contributed by atoms with van der Waals surface area (Å²) in [5.74, 6) is 1.87. The van der Waals surface area contributed by atoms with Crippen molar-refractivity contribution in [2.45, 2.75) is 6.10 Å². The molecule has 1 aromatic carbocycles. The van der Waals surface area contributed by atoms with Crippen LogP contribution < -0.4 is 10.6 Å². The van der Waals surface area contributed by atoms with E-state index in [1.54, 1.807) is 18.2 Å². The Labute approximate surface area is 143 Å². The summed E-state index contributed by atoms with van der Waals surface area (Å²) in [4.78, 5) is 15.7. The average molecular weight is 348 g/mol. The van der Waals surface area contributed by atoms with Gasteiger partial charge in [0.15, 0.2) is 0 Å². The van der Waals surface area contributed by atoms with Crippen molar-refractivity contribution in [3.8, 4) is 12.3 Å². The van der Waals surface area contributed by atoms with Crippen LogP contribution in [0.1, 0.15) is 22.0 Å². The molecule has 2 aromatic rings. The number of carbonyl (C=O) groups excluding carboxylic acids is 1. The summed E-state index contributed by atoms with van der Waals surface area (Å²) < 4.78 is 13.4. The van der Waals surface area contributed by atoms with Gasteiger partial charge >= 0.3 is 0 Å². The fourth-order valence-corrected chi connectivity index (χ4v) is 2.02. The van der Waals surface area contributed by atoms with Crippen molar-refractivity contribution in [2.75, 3.05) is 18.4 Å². The normalized spacial score (nSPS) is 11.4. The van der Waals surface area contributed by atoms with Crippen molar-refractivity contribution < 1.29 is 14.3 Å². The fourth-order valence-electron chi connectivity index (χ4n) is 1.90. The average Bonchev–Trinajstić information content (AvgIpc) is 2.60. The number of terminal acetylenes is 1. The summed E-state index contributed by atoms with van der Waals surface area (Å²) >= 11 is 5.60. The van der Waals surface area contributed by atoms with E-state index < -0.39 is 11.9 Å². The van der Waals surface area contributed by atoms with Gasteiger partial charge in [-0.25, -0.2) is 9.37 Å². The van der Waals surface area contributed by atoms with Gasteiger partial charge in [0.25, 0.3) is 5.91 Å². The summed E-state index contributed by atoms with van der Waals surface area (Å²) in [5.41, 5.74) is 0.769. The van der Waals surface area contributed by atoms with Crippen molar-refractivity contribution in [2.24, 2.45) is 0 Å². The number of nitrogens with zero attached hydrogens (tertiary/aromatic N) is 1. The molecule has 0 saturated heterocycles. The van der Waals surface area contributed by atoms with Crippen LogP contribution in [0.25, 0.3) is 0 Å². The van der Waals surface area contributed by atoms with Crippen LogP contribution >= 0.6 is 11.6 Å². The number of anilines is 1. The van der Waals surface area contributed by atoms with Gasteiger partial charge < -0.3 is 15.7 Å². The molecular weight excluding hydrogens is 333 g/mol. The summed E-state index contributed by atoms with van der Waals surface area (Å²) in [7, 11) is 0. The first-order valence-electron chi connectivity index (χ1n) is 7.06. The van der Waals surface area contributed by atoms with Crippen molar-refractivity contribution >= 4 is 23.3 Å². The predicted molar refractivity (Wildman–Crippen MR) is 90.3 cm³/mol. The second kappa shape index (κ2) is 8.29. The lowest BCUT2D eigenvalue weighted by Gasteiger charge is -2.13. The van der Waals surface area contributed by atoms with Crippen molar-refractivity contribution in [3.63, 3.8) is 0 Å². The summed E-state index contributed by atoms with van der Waals surface area (Å²) in [6.45, 7) is 0.263. The second-order valence-corrected chi connectivity index (χ2v) is 5.30. The van der Waals surface area contributed by atoms with Gasteiger partial charge in [-0.1, -0.05) is 23.6 Å². The fraction of sp³-hybridized carbons (Fsp3) is 0.176. The van der Waals surface area contributed by atoms with E-state index in [4.69, 9.17) is 18.0 Å². The molecule has 0 fully saturated rings. The van der Waals surface area contributed by atoms with Crippen LogP contribution in [0, 0.1) is 18.2 Å². The Bertz CT molecular complexity index is 759. The van der Waals surface area contributed by atoms with E-state index in [2.05, 4.69) is 21.5 Å². The van der Waals surface area contributed by atoms with E-state index in [0.29, 0.717) is 16.9 Å². The maximum atomic E-state index is 13.4. The third-order valence-electron chi connectivity index (χ3n) is 3.18. The summed E-state index contributed by atoms with van der Waals surface area (Å²) in [6.07, 6.45) is 5.53. The topological polar surface area (TPSA) is 74.2 Å². The molecule has 1 amide bonds. The maximum absolute atomic E-state index is 13.4. The molecule has 0 radical (unpaired) electrons. The Balaban J connectivity index is 1.93. The number of nitrogens with one attached hydrogen (secondary N) is 2. The Hall–Kier alpha value is -2.62. The zero-order valence-corrected chi connectivity index (χ0v) is 13.3. The van der Waals surface area contributed by atoms with E-state index in [9.17, 15) is 14.3 Å². The molecule has 7 heteroatoms. The zero-order valence-electron chi connectivity index (χ0n) is 12.6. The van der Waals surface area contributed by atoms with Gasteiger partial charge in [0.2, 0.25) is 0 Å². The highest BCUT2D eigenvalue weighted by atomic mass is 35.5. The van der Waals surface area contributed by atoms with Crippen LogP contribution in [0.15, 0.2) is 36.5 Å². The highest BCUT2D eigenvalue weighted by Gasteiger charge is 2.11. The summed E-state index contributed by atoms with van der Waals surface area (Å²) in [5, 5.41) is 15.5. The first-order valence-corrected chi connectivity index (χ1v) is 7.43. The first-order chi connectivity index (χ1) is 11.5. The highest BCUT2D eigenvalue weighted by molar-refractivity contribution is 6.30. The number of carbonyl (C=O) groups is 1. The van der Waals surface area contributed by atoms with Gasteiger partial charge in [0, 0.05) is 12.7 Å². The molecule has 5 nitrogen and oxygen atoms in total. The van der Waals surface area contributed by atoms with E-state index in [1.165, 1.54) is 18.3 Å². The van der Waals surface area contributed by atoms with Crippen molar-refractivity contribution in [1.82, 2.24) is 10.3 Å². The molecule has 1 aromatic heterocycles. The predicted octanol–water partition coefficient (Wildman–Crippen LogP) is 2.38. The van der Waals surface area contributed by atoms with Gasteiger partial charge in [-0.2, -0.15) is 0 Å². The Morgan fingerprint density at radius 3 is 2.83 bits per heavy atom. The largest absolute Gasteiger partial charge is 0.387 e. The highest BCUT2D eigenvalue weighted by Crippen LogP contribution is 2.20. The molecule has 0 aliphatic carbocycles. The zero-order chi connectivity index (χ0) is 17.5. The molecule has 0 bridgehead atoms. The number of benzene rings is 1. The number of halogens is 2. The standard InChI is InChI=1S/C17H15ClFN3O2/c1-2-7-20-17(24)12-4-6-16(21-9-12)22-10-15(23)11-3-5-13(18)14(19)8-11/h1,3-6,8-9,15,23H,7,10H2,(H,20,24)(H,21,22). The molecule has 0 aliphatic rings. The van der Waals surface area contributed by atoms with Crippen LogP contribution in [0.2, 0.25) is 5.02 Å². The van der Waals surface area contributed by atoms with E-state index in [-0.39, 0.29) is 24.0 Å². The van der Waals surface area contributed by atoms with Crippen LogP contribution in [-0.4, -0.2) is 29.1 Å². The molecule has 24 heavy (non-hydrogen) atoms. The second-order valence-electron chi connectivity index (χ2n) is 4.89. The molecule has 1 unspecified atom stereocenters. The van der Waals surface area contributed by atoms with E-state index >= 15 is 0 Å². The van der Waals surface area contributed by atoms with Crippen LogP contribution in [0.5, 0.6) is 0 Å². The monoisotopic (exact) mass is 347 g/mol. The lowest BCUT2D eigenvalue weighted by Crippen LogP contribution is -2.23. The van der Waals surface area contributed by atoms with Crippen molar-refractivity contribution in [3.05, 3.63) is 58.5 Å². The minimum Gasteiger partial charge on any atom is -0.387 e. The Morgan fingerprint density at radius 2 is 2.21 bits per heavy atom. The number of rotatable bonds is 6. The quantitative estimate of drug-likeness (QED) is 0.701.